The predicted octanol–water partition coefficient (Wildman–Crippen LogP) is 7.11. The molecule has 0 radical (unpaired) electrons. The van der Waals surface area contributed by atoms with Crippen LogP contribution < -0.4 is 0 Å². The Morgan fingerprint density at radius 3 is 2.10 bits per heavy atom. The highest BCUT2D eigenvalue weighted by atomic mass is 127. The van der Waals surface area contributed by atoms with Crippen molar-refractivity contribution in [2.75, 3.05) is 0 Å². The molecule has 0 bridgehead atoms. The molecule has 6 rings (SSSR count). The molecule has 0 atom stereocenters. The van der Waals surface area contributed by atoms with Crippen LogP contribution in [0, 0.1) is 3.70 Å². The number of aromatic nitrogens is 6. The summed E-state index contributed by atoms with van der Waals surface area (Å²) in [5.74, 6) is 0.288. The Bertz CT molecular complexity index is 1730. The average Bonchev–Trinajstić information content (AvgIpc) is 3.68. The van der Waals surface area contributed by atoms with Gasteiger partial charge in [0.1, 0.15) is 31.6 Å². The maximum Gasteiger partial charge on any atom is 0.139 e. The Balaban J connectivity index is 0.000000149. The second-order valence-corrected chi connectivity index (χ2v) is 12.2. The molecule has 0 aromatic carbocycles. The van der Waals surface area contributed by atoms with Gasteiger partial charge in [0, 0.05) is 52.3 Å². The molecule has 0 aliphatic carbocycles. The van der Waals surface area contributed by atoms with E-state index in [1.807, 2.05) is 57.0 Å². The van der Waals surface area contributed by atoms with Crippen LogP contribution in [0.1, 0.15) is 23.9 Å². The van der Waals surface area contributed by atoms with Crippen LogP contribution in [0.3, 0.4) is 0 Å². The Hall–Kier alpha value is -2.71. The van der Waals surface area contributed by atoms with Gasteiger partial charge in [-0.15, -0.1) is 22.7 Å². The first-order valence-corrected chi connectivity index (χ1v) is 15.0. The van der Waals surface area contributed by atoms with Crippen LogP contribution in [0.25, 0.3) is 21.9 Å². The number of carbonyl (C=O) groups is 2. The van der Waals surface area contributed by atoms with E-state index in [4.69, 9.17) is 23.2 Å². The van der Waals surface area contributed by atoms with Gasteiger partial charge in [0.25, 0.3) is 0 Å². The van der Waals surface area contributed by atoms with Crippen LogP contribution in [-0.4, -0.2) is 40.3 Å². The Labute approximate surface area is 255 Å². The number of halogens is 3. The summed E-state index contributed by atoms with van der Waals surface area (Å²) in [5, 5.41) is 4.98. The highest BCUT2D eigenvalue weighted by Crippen LogP contribution is 2.28. The lowest BCUT2D eigenvalue weighted by atomic mass is 10.3. The minimum Gasteiger partial charge on any atom is -0.300 e. The Morgan fingerprint density at radius 2 is 1.46 bits per heavy atom. The molecule has 0 aliphatic rings. The number of thiazole rings is 2. The van der Waals surface area contributed by atoms with Gasteiger partial charge >= 0.3 is 0 Å². The van der Waals surface area contributed by atoms with Gasteiger partial charge in [-0.3, -0.25) is 18.4 Å². The highest BCUT2D eigenvalue weighted by Gasteiger charge is 2.11. The van der Waals surface area contributed by atoms with E-state index in [1.165, 1.54) is 22.7 Å². The van der Waals surface area contributed by atoms with E-state index in [1.54, 1.807) is 32.4 Å². The zero-order valence-corrected chi connectivity index (χ0v) is 26.0. The minimum absolute atomic E-state index is 0.117. The molecule has 0 amide bonds. The molecule has 0 saturated heterocycles. The quantitative estimate of drug-likeness (QED) is 0.177. The summed E-state index contributed by atoms with van der Waals surface area (Å²) in [6, 6.07) is 7.31. The van der Waals surface area contributed by atoms with Gasteiger partial charge < -0.3 is 0 Å². The normalized spacial score (nSPS) is 10.6. The van der Waals surface area contributed by atoms with Crippen LogP contribution in [0.2, 0.25) is 10.0 Å². The van der Waals surface area contributed by atoms with E-state index in [0.717, 1.165) is 40.6 Å². The molecule has 8 nitrogen and oxygen atoms in total. The maximum atomic E-state index is 11.1. The fourth-order valence-corrected chi connectivity index (χ4v) is 5.88. The third-order valence-electron chi connectivity index (χ3n) is 5.00. The lowest BCUT2D eigenvalue weighted by molar-refractivity contribution is -0.117. The number of ketones is 2. The molecule has 0 fully saturated rings. The first kappa shape index (κ1) is 29.3. The molecule has 0 saturated carbocycles. The summed E-state index contributed by atoms with van der Waals surface area (Å²) >= 11 is 17.0. The summed E-state index contributed by atoms with van der Waals surface area (Å²) < 4.78 is 5.03. The SMILES string of the molecule is CC(=O)Cc1ncc(-c2cnc3cc(Cl)ccn23)s1.CC(=O)Cc1nccs1.Clc1ccn2c(I)cnc2c1. The molecule has 39 heavy (non-hydrogen) atoms. The largest absolute Gasteiger partial charge is 0.300 e. The van der Waals surface area contributed by atoms with Gasteiger partial charge in [0.05, 0.1) is 40.8 Å². The minimum atomic E-state index is 0.117. The number of pyridine rings is 2. The molecule has 0 aliphatic heterocycles. The van der Waals surface area contributed by atoms with Crippen LogP contribution in [-0.2, 0) is 22.4 Å². The standard InChI is InChI=1S/C13H10ClN3OS.C7H4ClIN2.C6H7NOS/c1-8(18)4-13-16-7-11(19-13)10-6-15-12-5-9(14)2-3-17(10)12;8-5-1-2-11-6(9)4-10-7(11)3-5;1-5(8)4-6-7-2-3-9-6/h2-3,5-7H,4H2,1H3;1-4H;2-3H,4H2,1H3. The topological polar surface area (TPSA) is 94.5 Å². The number of Topliss-reactive ketones (excluding diaryl/α,β-unsaturated/α-hetero) is 2. The molecule has 6 aromatic rings. The van der Waals surface area contributed by atoms with Gasteiger partial charge in [-0.2, -0.15) is 0 Å². The van der Waals surface area contributed by atoms with Crippen LogP contribution in [0.4, 0.5) is 0 Å². The third kappa shape index (κ3) is 8.15. The molecular formula is C26H21Cl2IN6O2S2. The molecule has 13 heteroatoms. The second-order valence-electron chi connectivity index (χ2n) is 8.17. The van der Waals surface area contributed by atoms with Crippen molar-refractivity contribution in [1.29, 1.82) is 0 Å². The number of nitrogens with zero attached hydrogens (tertiary/aromatic N) is 6. The molecule has 6 heterocycles. The number of rotatable bonds is 5. The summed E-state index contributed by atoms with van der Waals surface area (Å²) in [6.07, 6.45) is 11.7. The van der Waals surface area contributed by atoms with Crippen molar-refractivity contribution in [3.63, 3.8) is 0 Å². The molecule has 6 aromatic heterocycles. The lowest BCUT2D eigenvalue weighted by Gasteiger charge is -1.98. The molecule has 0 N–H and O–H groups in total. The third-order valence-corrected chi connectivity index (χ3v) is 8.06. The van der Waals surface area contributed by atoms with Crippen molar-refractivity contribution in [3.8, 4) is 10.6 Å². The zero-order chi connectivity index (χ0) is 27.9. The summed E-state index contributed by atoms with van der Waals surface area (Å²) in [7, 11) is 0. The molecule has 200 valence electrons. The monoisotopic (exact) mass is 710 g/mol. The van der Waals surface area contributed by atoms with Crippen LogP contribution in [0.5, 0.6) is 0 Å². The zero-order valence-electron chi connectivity index (χ0n) is 20.7. The fraction of sp³-hybridized carbons (Fsp3) is 0.154. The lowest BCUT2D eigenvalue weighted by Crippen LogP contribution is -1.94. The molecular weight excluding hydrogens is 690 g/mol. The summed E-state index contributed by atoms with van der Waals surface area (Å²) in [5.41, 5.74) is 2.64. The highest BCUT2D eigenvalue weighted by molar-refractivity contribution is 14.1. The number of carbonyl (C=O) groups excluding carboxylic acids is 2. The van der Waals surface area contributed by atoms with Crippen molar-refractivity contribution in [1.82, 2.24) is 28.7 Å². The number of imidazole rings is 2. The van der Waals surface area contributed by atoms with Crippen molar-refractivity contribution in [2.45, 2.75) is 26.7 Å². The van der Waals surface area contributed by atoms with Crippen molar-refractivity contribution in [2.24, 2.45) is 0 Å². The fourth-order valence-electron chi connectivity index (χ4n) is 3.34. The van der Waals surface area contributed by atoms with Crippen LogP contribution >= 0.6 is 68.5 Å². The smallest absolute Gasteiger partial charge is 0.139 e. The van der Waals surface area contributed by atoms with E-state index in [-0.39, 0.29) is 11.6 Å². The first-order valence-electron chi connectivity index (χ1n) is 11.4. The van der Waals surface area contributed by atoms with Gasteiger partial charge in [-0.25, -0.2) is 19.9 Å². The first-order chi connectivity index (χ1) is 18.7. The number of fused-ring (bicyclic) bond motifs is 2. The van der Waals surface area contributed by atoms with Gasteiger partial charge in [0.15, 0.2) is 0 Å². The van der Waals surface area contributed by atoms with Crippen LogP contribution in [0.15, 0.2) is 66.8 Å². The second kappa shape index (κ2) is 13.6. The average molecular weight is 711 g/mol. The Morgan fingerprint density at radius 1 is 0.846 bits per heavy atom. The van der Waals surface area contributed by atoms with Crippen molar-refractivity contribution < 1.29 is 9.59 Å². The van der Waals surface area contributed by atoms with Gasteiger partial charge in [0.2, 0.25) is 0 Å². The molecule has 0 unspecified atom stereocenters. The van der Waals surface area contributed by atoms with E-state index in [9.17, 15) is 9.59 Å². The number of hydrogen-bond donors (Lipinski definition) is 0. The van der Waals surface area contributed by atoms with Crippen molar-refractivity contribution in [3.05, 3.63) is 90.6 Å². The Kier molecular flexibility index (Phi) is 10.2. The predicted molar refractivity (Wildman–Crippen MR) is 165 cm³/mol. The maximum absolute atomic E-state index is 11.1. The summed E-state index contributed by atoms with van der Waals surface area (Å²) in [4.78, 5) is 39.3. The van der Waals surface area contributed by atoms with Crippen molar-refractivity contribution >= 4 is 91.3 Å². The summed E-state index contributed by atoms with van der Waals surface area (Å²) in [6.45, 7) is 3.14. The van der Waals surface area contributed by atoms with E-state index < -0.39 is 0 Å². The van der Waals surface area contributed by atoms with E-state index >= 15 is 0 Å². The van der Waals surface area contributed by atoms with Gasteiger partial charge in [-0.1, -0.05) is 23.2 Å². The van der Waals surface area contributed by atoms with E-state index in [2.05, 4.69) is 42.5 Å². The molecule has 0 spiro atoms. The van der Waals surface area contributed by atoms with E-state index in [0.29, 0.717) is 17.9 Å². The number of hydrogen-bond acceptors (Lipinski definition) is 8. The van der Waals surface area contributed by atoms with Gasteiger partial charge in [-0.05, 0) is 48.6 Å².